The quantitative estimate of drug-likeness (QED) is 0.550. The lowest BCUT2D eigenvalue weighted by atomic mass is 9.75. The van der Waals surface area contributed by atoms with Crippen molar-refractivity contribution in [3.63, 3.8) is 0 Å². The molecule has 0 N–H and O–H groups in total. The number of carbonyl (C=O) groups excluding carboxylic acids is 1. The standard InChI is InChI=1S/C15H26O4/c1-11(2)14(16)19-15(8-9-17-4)7-6-13(18-5)12(3)10-15/h12-13H,1,6-10H2,2-5H3. The fraction of sp³-hybridized carbons (Fsp3) is 0.800. The van der Waals surface area contributed by atoms with Gasteiger partial charge in [-0.2, -0.15) is 0 Å². The van der Waals surface area contributed by atoms with E-state index in [4.69, 9.17) is 14.2 Å². The van der Waals surface area contributed by atoms with Gasteiger partial charge >= 0.3 is 5.97 Å². The Hall–Kier alpha value is -0.870. The zero-order chi connectivity index (χ0) is 14.5. The Labute approximate surface area is 116 Å². The van der Waals surface area contributed by atoms with Gasteiger partial charge in [-0.1, -0.05) is 13.5 Å². The summed E-state index contributed by atoms with van der Waals surface area (Å²) >= 11 is 0. The molecule has 0 amide bonds. The van der Waals surface area contributed by atoms with Crippen molar-refractivity contribution in [1.82, 2.24) is 0 Å². The van der Waals surface area contributed by atoms with Gasteiger partial charge in [0, 0.05) is 32.8 Å². The third-order valence-electron chi connectivity index (χ3n) is 3.94. The Morgan fingerprint density at radius 3 is 2.58 bits per heavy atom. The molecule has 110 valence electrons. The summed E-state index contributed by atoms with van der Waals surface area (Å²) in [5.74, 6) is 0.0627. The maximum Gasteiger partial charge on any atom is 0.333 e. The summed E-state index contributed by atoms with van der Waals surface area (Å²) in [5.41, 5.74) is 0.0128. The number of rotatable bonds is 6. The molecule has 1 fully saturated rings. The van der Waals surface area contributed by atoms with Crippen LogP contribution in [0, 0.1) is 5.92 Å². The molecule has 3 atom stereocenters. The second kappa shape index (κ2) is 7.06. The third kappa shape index (κ3) is 4.32. The SMILES string of the molecule is C=C(C)C(=O)OC1(CCOC)CCC(OC)C(C)C1. The van der Waals surface area contributed by atoms with Crippen LogP contribution in [-0.4, -0.2) is 38.5 Å². The smallest absolute Gasteiger partial charge is 0.333 e. The molecule has 0 radical (unpaired) electrons. The summed E-state index contributed by atoms with van der Waals surface area (Å²) in [4.78, 5) is 11.8. The molecule has 0 spiro atoms. The molecule has 0 aromatic carbocycles. The molecule has 4 nitrogen and oxygen atoms in total. The average Bonchev–Trinajstić information content (AvgIpc) is 2.36. The Morgan fingerprint density at radius 2 is 2.11 bits per heavy atom. The van der Waals surface area contributed by atoms with Crippen molar-refractivity contribution in [2.45, 2.75) is 51.2 Å². The topological polar surface area (TPSA) is 44.8 Å². The van der Waals surface area contributed by atoms with Crippen molar-refractivity contribution >= 4 is 5.97 Å². The van der Waals surface area contributed by atoms with Gasteiger partial charge in [-0.05, 0) is 32.1 Å². The van der Waals surface area contributed by atoms with E-state index < -0.39 is 5.60 Å². The van der Waals surface area contributed by atoms with E-state index in [1.54, 1.807) is 21.1 Å². The van der Waals surface area contributed by atoms with E-state index in [2.05, 4.69) is 13.5 Å². The second-order valence-electron chi connectivity index (χ2n) is 5.59. The van der Waals surface area contributed by atoms with Crippen LogP contribution in [0.1, 0.15) is 39.5 Å². The third-order valence-corrected chi connectivity index (χ3v) is 3.94. The van der Waals surface area contributed by atoms with Crippen molar-refractivity contribution in [3.05, 3.63) is 12.2 Å². The average molecular weight is 270 g/mol. The number of hydrogen-bond donors (Lipinski definition) is 0. The molecule has 0 aliphatic heterocycles. The monoisotopic (exact) mass is 270 g/mol. The highest BCUT2D eigenvalue weighted by Crippen LogP contribution is 2.39. The lowest BCUT2D eigenvalue weighted by Gasteiger charge is -2.42. The van der Waals surface area contributed by atoms with Crippen LogP contribution in [0.5, 0.6) is 0 Å². The summed E-state index contributed by atoms with van der Waals surface area (Å²) < 4.78 is 16.4. The summed E-state index contributed by atoms with van der Waals surface area (Å²) in [6.07, 6.45) is 3.51. The van der Waals surface area contributed by atoms with E-state index in [1.807, 2.05) is 0 Å². The molecule has 1 rings (SSSR count). The molecule has 19 heavy (non-hydrogen) atoms. The highest BCUT2D eigenvalue weighted by molar-refractivity contribution is 5.87. The largest absolute Gasteiger partial charge is 0.456 e. The first-order chi connectivity index (χ1) is 8.94. The lowest BCUT2D eigenvalue weighted by molar-refractivity contribution is -0.167. The van der Waals surface area contributed by atoms with Gasteiger partial charge in [0.1, 0.15) is 5.60 Å². The van der Waals surface area contributed by atoms with Gasteiger partial charge in [0.15, 0.2) is 0 Å². The first-order valence-electron chi connectivity index (χ1n) is 6.84. The highest BCUT2D eigenvalue weighted by Gasteiger charge is 2.42. The first-order valence-corrected chi connectivity index (χ1v) is 6.84. The number of esters is 1. The predicted octanol–water partition coefficient (Wildman–Crippen LogP) is 2.72. The molecule has 0 saturated heterocycles. The normalized spacial score (nSPS) is 30.9. The number of hydrogen-bond acceptors (Lipinski definition) is 4. The second-order valence-corrected chi connectivity index (χ2v) is 5.59. The van der Waals surface area contributed by atoms with Crippen LogP contribution >= 0.6 is 0 Å². The van der Waals surface area contributed by atoms with E-state index in [1.165, 1.54) is 0 Å². The van der Waals surface area contributed by atoms with Crippen LogP contribution in [0.15, 0.2) is 12.2 Å². The summed E-state index contributed by atoms with van der Waals surface area (Å²) in [6, 6.07) is 0. The zero-order valence-electron chi connectivity index (χ0n) is 12.5. The molecule has 1 saturated carbocycles. The zero-order valence-corrected chi connectivity index (χ0v) is 12.5. The van der Waals surface area contributed by atoms with Crippen molar-refractivity contribution in [1.29, 1.82) is 0 Å². The van der Waals surface area contributed by atoms with Crippen LogP contribution < -0.4 is 0 Å². The minimum atomic E-state index is -0.430. The van der Waals surface area contributed by atoms with E-state index in [-0.39, 0.29) is 12.1 Å². The molecule has 0 bridgehead atoms. The molecule has 0 aromatic rings. The Bertz CT molecular complexity index is 326. The van der Waals surface area contributed by atoms with Crippen LogP contribution in [-0.2, 0) is 19.0 Å². The van der Waals surface area contributed by atoms with Gasteiger partial charge in [-0.3, -0.25) is 0 Å². The van der Waals surface area contributed by atoms with E-state index in [9.17, 15) is 4.79 Å². The van der Waals surface area contributed by atoms with Crippen molar-refractivity contribution in [2.75, 3.05) is 20.8 Å². The molecule has 0 aromatic heterocycles. The van der Waals surface area contributed by atoms with E-state index in [0.29, 0.717) is 18.1 Å². The number of carbonyl (C=O) groups is 1. The van der Waals surface area contributed by atoms with Gasteiger partial charge in [0.05, 0.1) is 6.10 Å². The van der Waals surface area contributed by atoms with Crippen molar-refractivity contribution in [2.24, 2.45) is 5.92 Å². The summed E-state index contributed by atoms with van der Waals surface area (Å²) in [6.45, 7) is 8.06. The van der Waals surface area contributed by atoms with Gasteiger partial charge in [-0.25, -0.2) is 4.79 Å². The van der Waals surface area contributed by atoms with Crippen LogP contribution in [0.3, 0.4) is 0 Å². The van der Waals surface area contributed by atoms with Gasteiger partial charge in [-0.15, -0.1) is 0 Å². The summed E-state index contributed by atoms with van der Waals surface area (Å²) in [5, 5.41) is 0. The Kier molecular flexibility index (Phi) is 6.01. The Balaban J connectivity index is 2.76. The Morgan fingerprint density at radius 1 is 1.42 bits per heavy atom. The van der Waals surface area contributed by atoms with Gasteiger partial charge in [0.2, 0.25) is 0 Å². The summed E-state index contributed by atoms with van der Waals surface area (Å²) in [7, 11) is 3.40. The molecule has 0 heterocycles. The van der Waals surface area contributed by atoms with Crippen LogP contribution in [0.2, 0.25) is 0 Å². The molecular formula is C15H26O4. The maximum absolute atomic E-state index is 11.8. The maximum atomic E-state index is 11.8. The van der Waals surface area contributed by atoms with Crippen LogP contribution in [0.4, 0.5) is 0 Å². The number of ether oxygens (including phenoxy) is 3. The van der Waals surface area contributed by atoms with Crippen molar-refractivity contribution < 1.29 is 19.0 Å². The first kappa shape index (κ1) is 16.2. The van der Waals surface area contributed by atoms with Gasteiger partial charge < -0.3 is 14.2 Å². The molecular weight excluding hydrogens is 244 g/mol. The van der Waals surface area contributed by atoms with Crippen molar-refractivity contribution in [3.8, 4) is 0 Å². The molecule has 4 heteroatoms. The lowest BCUT2D eigenvalue weighted by Crippen LogP contribution is -2.45. The molecule has 1 aliphatic carbocycles. The minimum Gasteiger partial charge on any atom is -0.456 e. The molecule has 1 aliphatic rings. The predicted molar refractivity (Wildman–Crippen MR) is 73.9 cm³/mol. The molecule has 3 unspecified atom stereocenters. The highest BCUT2D eigenvalue weighted by atomic mass is 16.6. The van der Waals surface area contributed by atoms with E-state index in [0.717, 1.165) is 25.7 Å². The fourth-order valence-electron chi connectivity index (χ4n) is 2.80. The van der Waals surface area contributed by atoms with Crippen LogP contribution in [0.25, 0.3) is 0 Å². The number of methoxy groups -OCH3 is 2. The fourth-order valence-corrected chi connectivity index (χ4v) is 2.80. The van der Waals surface area contributed by atoms with E-state index >= 15 is 0 Å². The van der Waals surface area contributed by atoms with Gasteiger partial charge in [0.25, 0.3) is 0 Å². The minimum absolute atomic E-state index is 0.249.